The molecule has 1 saturated heterocycles. The fraction of sp³-hybridized carbons (Fsp3) is 0.389. The summed E-state index contributed by atoms with van der Waals surface area (Å²) in [6.45, 7) is 4.77. The molecule has 1 aliphatic rings. The van der Waals surface area contributed by atoms with Gasteiger partial charge in [0, 0.05) is 50.7 Å². The van der Waals surface area contributed by atoms with Crippen LogP contribution < -0.4 is 15.8 Å². The second-order valence-electron chi connectivity index (χ2n) is 6.20. The number of morpholine rings is 1. The van der Waals surface area contributed by atoms with Crippen molar-refractivity contribution in [2.75, 3.05) is 24.6 Å². The molecule has 1 aliphatic heterocycles. The van der Waals surface area contributed by atoms with Crippen LogP contribution in [0.15, 0.2) is 41.5 Å². The van der Waals surface area contributed by atoms with Gasteiger partial charge >= 0.3 is 0 Å². The number of nitrogens with one attached hydrogen (secondary N) is 1. The van der Waals surface area contributed by atoms with E-state index < -0.39 is 0 Å². The van der Waals surface area contributed by atoms with E-state index in [0.717, 1.165) is 24.5 Å². The molecule has 0 radical (unpaired) electrons. The van der Waals surface area contributed by atoms with Crippen molar-refractivity contribution < 1.29 is 9.53 Å². The van der Waals surface area contributed by atoms with Gasteiger partial charge in [-0.1, -0.05) is 6.07 Å². The van der Waals surface area contributed by atoms with Gasteiger partial charge in [0.2, 0.25) is 0 Å². The first-order valence-corrected chi connectivity index (χ1v) is 8.29. The highest BCUT2D eigenvalue weighted by atomic mass is 16.5. The minimum absolute atomic E-state index is 0.202. The van der Waals surface area contributed by atoms with Crippen molar-refractivity contribution in [3.63, 3.8) is 0 Å². The van der Waals surface area contributed by atoms with Gasteiger partial charge in [0.05, 0.1) is 12.7 Å². The molecule has 3 rings (SSSR count). The van der Waals surface area contributed by atoms with Crippen LogP contribution in [0.4, 0.5) is 5.82 Å². The molecule has 0 spiro atoms. The number of rotatable bonds is 4. The Morgan fingerprint density at radius 1 is 1.40 bits per heavy atom. The number of aryl methyl sites for hydroxylation is 1. The molecule has 132 valence electrons. The minimum atomic E-state index is -0.274. The van der Waals surface area contributed by atoms with Crippen LogP contribution in [-0.2, 0) is 18.3 Å². The molecule has 1 atom stereocenters. The van der Waals surface area contributed by atoms with Crippen molar-refractivity contribution in [3.8, 4) is 0 Å². The third-order valence-electron chi connectivity index (χ3n) is 4.19. The molecule has 0 aliphatic carbocycles. The zero-order valence-electron chi connectivity index (χ0n) is 14.4. The summed E-state index contributed by atoms with van der Waals surface area (Å²) >= 11 is 0. The van der Waals surface area contributed by atoms with Crippen LogP contribution in [0.3, 0.4) is 0 Å². The lowest BCUT2D eigenvalue weighted by atomic mass is 10.2. The number of anilines is 1. The van der Waals surface area contributed by atoms with Gasteiger partial charge in [-0.2, -0.15) is 0 Å². The molecule has 3 heterocycles. The Bertz CT molecular complexity index is 801. The van der Waals surface area contributed by atoms with Gasteiger partial charge in [-0.25, -0.2) is 4.98 Å². The number of ether oxygens (including phenoxy) is 1. The standard InChI is InChI=1S/C18H22N4O3/c1-13-12-22(7-8-25-13)16-4-3-14(10-19-16)11-20-18(24)15-5-6-21(2)17(23)9-15/h3-6,9-10,13H,7-8,11-12H2,1-2H3,(H,20,24)/t13-/m0/s1. The largest absolute Gasteiger partial charge is 0.375 e. The van der Waals surface area contributed by atoms with Gasteiger partial charge in [-0.3, -0.25) is 9.59 Å². The molecule has 0 bridgehead atoms. The van der Waals surface area contributed by atoms with Gasteiger partial charge in [0.1, 0.15) is 5.82 Å². The summed E-state index contributed by atoms with van der Waals surface area (Å²) in [6, 6.07) is 6.86. The molecule has 7 nitrogen and oxygen atoms in total. The maximum absolute atomic E-state index is 12.1. The van der Waals surface area contributed by atoms with E-state index in [9.17, 15) is 9.59 Å². The lowest BCUT2D eigenvalue weighted by Gasteiger charge is -2.32. The summed E-state index contributed by atoms with van der Waals surface area (Å²) in [7, 11) is 1.65. The Hall–Kier alpha value is -2.67. The number of amides is 1. The van der Waals surface area contributed by atoms with Crippen LogP contribution >= 0.6 is 0 Å². The summed E-state index contributed by atoms with van der Waals surface area (Å²) in [5, 5.41) is 2.81. The molecule has 0 unspecified atom stereocenters. The van der Waals surface area contributed by atoms with Crippen LogP contribution in [-0.4, -0.2) is 41.3 Å². The molecule has 0 aromatic carbocycles. The number of aromatic nitrogens is 2. The number of pyridine rings is 2. The van der Waals surface area contributed by atoms with Crippen molar-refractivity contribution in [2.24, 2.45) is 7.05 Å². The van der Waals surface area contributed by atoms with Crippen molar-refractivity contribution >= 4 is 11.7 Å². The Balaban J connectivity index is 1.59. The SMILES string of the molecule is C[C@H]1CN(c2ccc(CNC(=O)c3ccn(C)c(=O)c3)cn2)CCO1. The molecular formula is C18H22N4O3. The van der Waals surface area contributed by atoms with Crippen LogP contribution in [0.2, 0.25) is 0 Å². The molecular weight excluding hydrogens is 320 g/mol. The lowest BCUT2D eigenvalue weighted by molar-refractivity contribution is 0.0529. The molecule has 0 saturated carbocycles. The van der Waals surface area contributed by atoms with E-state index in [1.807, 2.05) is 19.1 Å². The van der Waals surface area contributed by atoms with Crippen molar-refractivity contribution in [2.45, 2.75) is 19.6 Å². The minimum Gasteiger partial charge on any atom is -0.375 e. The van der Waals surface area contributed by atoms with E-state index in [1.54, 1.807) is 25.5 Å². The van der Waals surface area contributed by atoms with E-state index in [4.69, 9.17) is 4.74 Å². The maximum Gasteiger partial charge on any atom is 0.251 e. The number of hydrogen-bond acceptors (Lipinski definition) is 5. The summed E-state index contributed by atoms with van der Waals surface area (Å²) in [5.74, 6) is 0.639. The number of nitrogens with zero attached hydrogens (tertiary/aromatic N) is 3. The predicted octanol–water partition coefficient (Wildman–Crippen LogP) is 0.935. The van der Waals surface area contributed by atoms with E-state index in [1.165, 1.54) is 10.6 Å². The van der Waals surface area contributed by atoms with Gasteiger partial charge in [0.25, 0.3) is 11.5 Å². The lowest BCUT2D eigenvalue weighted by Crippen LogP contribution is -2.41. The number of hydrogen-bond donors (Lipinski definition) is 1. The average Bonchev–Trinajstić information content (AvgIpc) is 2.62. The average molecular weight is 342 g/mol. The smallest absolute Gasteiger partial charge is 0.251 e. The summed E-state index contributed by atoms with van der Waals surface area (Å²) in [4.78, 5) is 30.4. The number of carbonyl (C=O) groups is 1. The predicted molar refractivity (Wildman–Crippen MR) is 94.7 cm³/mol. The first-order valence-electron chi connectivity index (χ1n) is 8.29. The van der Waals surface area contributed by atoms with Gasteiger partial charge in [-0.15, -0.1) is 0 Å². The van der Waals surface area contributed by atoms with Crippen LogP contribution in [0.25, 0.3) is 0 Å². The second-order valence-corrected chi connectivity index (χ2v) is 6.20. The zero-order chi connectivity index (χ0) is 17.8. The zero-order valence-corrected chi connectivity index (χ0v) is 14.4. The van der Waals surface area contributed by atoms with E-state index in [2.05, 4.69) is 15.2 Å². The Morgan fingerprint density at radius 3 is 2.92 bits per heavy atom. The van der Waals surface area contributed by atoms with Crippen molar-refractivity contribution in [3.05, 3.63) is 58.1 Å². The highest BCUT2D eigenvalue weighted by Crippen LogP contribution is 2.15. The quantitative estimate of drug-likeness (QED) is 0.895. The monoisotopic (exact) mass is 342 g/mol. The first kappa shape index (κ1) is 17.2. The maximum atomic E-state index is 12.1. The van der Waals surface area contributed by atoms with Gasteiger partial charge < -0.3 is 19.5 Å². The Labute approximate surface area is 146 Å². The van der Waals surface area contributed by atoms with Crippen LogP contribution in [0.5, 0.6) is 0 Å². The van der Waals surface area contributed by atoms with E-state index in [0.29, 0.717) is 18.7 Å². The van der Waals surface area contributed by atoms with E-state index >= 15 is 0 Å². The summed E-state index contributed by atoms with van der Waals surface area (Å²) < 4.78 is 6.96. The molecule has 2 aromatic heterocycles. The van der Waals surface area contributed by atoms with E-state index in [-0.39, 0.29) is 17.6 Å². The number of carbonyl (C=O) groups excluding carboxylic acids is 1. The third-order valence-corrected chi connectivity index (χ3v) is 4.19. The molecule has 1 N–H and O–H groups in total. The fourth-order valence-electron chi connectivity index (χ4n) is 2.71. The molecule has 2 aromatic rings. The molecule has 25 heavy (non-hydrogen) atoms. The van der Waals surface area contributed by atoms with Gasteiger partial charge in [0.15, 0.2) is 0 Å². The molecule has 7 heteroatoms. The molecule has 1 amide bonds. The topological polar surface area (TPSA) is 76.5 Å². The normalized spacial score (nSPS) is 17.4. The first-order chi connectivity index (χ1) is 12.0. The van der Waals surface area contributed by atoms with Crippen LogP contribution in [0, 0.1) is 0 Å². The van der Waals surface area contributed by atoms with Crippen molar-refractivity contribution in [1.29, 1.82) is 0 Å². The fourth-order valence-corrected chi connectivity index (χ4v) is 2.71. The highest BCUT2D eigenvalue weighted by Gasteiger charge is 2.17. The summed E-state index contributed by atoms with van der Waals surface area (Å²) in [6.07, 6.45) is 3.55. The third kappa shape index (κ3) is 4.24. The van der Waals surface area contributed by atoms with Crippen molar-refractivity contribution in [1.82, 2.24) is 14.9 Å². The second kappa shape index (κ2) is 7.48. The molecule has 1 fully saturated rings. The Morgan fingerprint density at radius 2 is 2.24 bits per heavy atom. The highest BCUT2D eigenvalue weighted by molar-refractivity contribution is 5.93. The van der Waals surface area contributed by atoms with Crippen LogP contribution in [0.1, 0.15) is 22.8 Å². The van der Waals surface area contributed by atoms with Gasteiger partial charge in [-0.05, 0) is 24.6 Å². The summed E-state index contributed by atoms with van der Waals surface area (Å²) in [5.41, 5.74) is 1.05. The Kier molecular flexibility index (Phi) is 5.14.